The van der Waals surface area contributed by atoms with Gasteiger partial charge in [-0.05, 0) is 37.7 Å². The fourth-order valence-corrected chi connectivity index (χ4v) is 4.42. The van der Waals surface area contributed by atoms with E-state index >= 15 is 0 Å². The van der Waals surface area contributed by atoms with Crippen LogP contribution in [-0.4, -0.2) is 9.91 Å². The lowest BCUT2D eigenvalue weighted by atomic mass is 9.96. The number of thiophene rings is 1. The second-order valence-corrected chi connectivity index (χ2v) is 7.01. The van der Waals surface area contributed by atoms with Crippen molar-refractivity contribution < 1.29 is 4.92 Å². The maximum Gasteiger partial charge on any atom is 0.283 e. The van der Waals surface area contributed by atoms with E-state index in [4.69, 9.17) is 5.73 Å². The molecular formula is C17H18N4O2S. The summed E-state index contributed by atoms with van der Waals surface area (Å²) in [4.78, 5) is 16.9. The number of anilines is 1. The van der Waals surface area contributed by atoms with E-state index in [0.29, 0.717) is 12.0 Å². The lowest BCUT2D eigenvalue weighted by Gasteiger charge is -2.14. The summed E-state index contributed by atoms with van der Waals surface area (Å²) in [5, 5.41) is 20.9. The average molecular weight is 342 g/mol. The molecule has 7 heteroatoms. The lowest BCUT2D eigenvalue weighted by molar-refractivity contribution is -0.385. The molecule has 0 aromatic carbocycles. The van der Waals surface area contributed by atoms with Crippen LogP contribution in [0, 0.1) is 21.4 Å². The SMILES string of the molecule is CCc1sc(-c2c(C#N)c(N)nc3c2CCCCC3)cc1[N+](=O)[O-]. The lowest BCUT2D eigenvalue weighted by Crippen LogP contribution is -2.06. The number of rotatable bonds is 3. The van der Waals surface area contributed by atoms with Crippen LogP contribution < -0.4 is 5.73 Å². The molecule has 0 saturated carbocycles. The van der Waals surface area contributed by atoms with Gasteiger partial charge in [0.15, 0.2) is 0 Å². The highest BCUT2D eigenvalue weighted by molar-refractivity contribution is 7.16. The normalized spacial score (nSPS) is 13.8. The van der Waals surface area contributed by atoms with Crippen molar-refractivity contribution >= 4 is 22.8 Å². The zero-order valence-corrected chi connectivity index (χ0v) is 14.3. The number of nitrogens with two attached hydrogens (primary N) is 1. The number of nitro groups is 1. The van der Waals surface area contributed by atoms with Crippen LogP contribution in [0.1, 0.15) is 47.9 Å². The molecule has 2 heterocycles. The van der Waals surface area contributed by atoms with E-state index in [-0.39, 0.29) is 16.4 Å². The van der Waals surface area contributed by atoms with Crippen LogP contribution in [0.25, 0.3) is 10.4 Å². The molecule has 3 rings (SSSR count). The van der Waals surface area contributed by atoms with E-state index in [0.717, 1.165) is 58.7 Å². The van der Waals surface area contributed by atoms with Crippen molar-refractivity contribution in [3.05, 3.63) is 37.9 Å². The Morgan fingerprint density at radius 2 is 2.17 bits per heavy atom. The maximum absolute atomic E-state index is 11.3. The van der Waals surface area contributed by atoms with Gasteiger partial charge in [-0.25, -0.2) is 4.98 Å². The predicted molar refractivity (Wildman–Crippen MR) is 94.0 cm³/mol. The second-order valence-electron chi connectivity index (χ2n) is 5.87. The Bertz CT molecular complexity index is 851. The Balaban J connectivity index is 2.29. The molecule has 24 heavy (non-hydrogen) atoms. The zero-order chi connectivity index (χ0) is 17.3. The standard InChI is InChI=1S/C17H18N4O2S/c1-2-14-13(21(22)23)8-15(24-14)16-10-6-4-3-5-7-12(10)20-17(19)11(16)9-18/h8H,2-7H2,1H3,(H2,19,20). The summed E-state index contributed by atoms with van der Waals surface area (Å²) >= 11 is 1.38. The van der Waals surface area contributed by atoms with Gasteiger partial charge in [-0.3, -0.25) is 10.1 Å². The Kier molecular flexibility index (Phi) is 4.49. The third kappa shape index (κ3) is 2.74. The number of fused-ring (bicyclic) bond motifs is 1. The number of aryl methyl sites for hydroxylation is 2. The fourth-order valence-electron chi connectivity index (χ4n) is 3.27. The third-order valence-electron chi connectivity index (χ3n) is 4.41. The fraction of sp³-hybridized carbons (Fsp3) is 0.412. The van der Waals surface area contributed by atoms with Crippen LogP contribution >= 0.6 is 11.3 Å². The topological polar surface area (TPSA) is 106 Å². The number of nitriles is 1. The Labute approximate surface area is 144 Å². The molecule has 2 aromatic rings. The molecule has 6 nitrogen and oxygen atoms in total. The molecule has 2 aromatic heterocycles. The van der Waals surface area contributed by atoms with Gasteiger partial charge in [0.2, 0.25) is 0 Å². The molecule has 0 unspecified atom stereocenters. The van der Waals surface area contributed by atoms with Gasteiger partial charge in [0, 0.05) is 22.2 Å². The van der Waals surface area contributed by atoms with Crippen LogP contribution in [0.3, 0.4) is 0 Å². The number of nitrogen functional groups attached to an aromatic ring is 1. The van der Waals surface area contributed by atoms with E-state index < -0.39 is 0 Å². The van der Waals surface area contributed by atoms with E-state index in [1.165, 1.54) is 11.3 Å². The summed E-state index contributed by atoms with van der Waals surface area (Å²) in [5.41, 5.74) is 9.22. The van der Waals surface area contributed by atoms with E-state index in [1.54, 1.807) is 6.07 Å². The monoisotopic (exact) mass is 342 g/mol. The molecular weight excluding hydrogens is 324 g/mol. The van der Waals surface area contributed by atoms with Gasteiger partial charge in [0.1, 0.15) is 17.5 Å². The molecule has 0 amide bonds. The van der Waals surface area contributed by atoms with Crippen molar-refractivity contribution in [2.75, 3.05) is 5.73 Å². The first-order valence-electron chi connectivity index (χ1n) is 8.05. The summed E-state index contributed by atoms with van der Waals surface area (Å²) in [6.45, 7) is 1.90. The number of hydrogen-bond donors (Lipinski definition) is 1. The number of nitrogens with zero attached hydrogens (tertiary/aromatic N) is 3. The van der Waals surface area contributed by atoms with Crippen LogP contribution in [0.15, 0.2) is 6.07 Å². The molecule has 0 atom stereocenters. The summed E-state index contributed by atoms with van der Waals surface area (Å²) in [5.74, 6) is 0.224. The van der Waals surface area contributed by atoms with Crippen molar-refractivity contribution in [2.45, 2.75) is 45.4 Å². The van der Waals surface area contributed by atoms with Crippen LogP contribution in [-0.2, 0) is 19.3 Å². The summed E-state index contributed by atoms with van der Waals surface area (Å²) < 4.78 is 0. The summed E-state index contributed by atoms with van der Waals surface area (Å²) in [6, 6.07) is 3.75. The van der Waals surface area contributed by atoms with Crippen molar-refractivity contribution in [1.29, 1.82) is 5.26 Å². The van der Waals surface area contributed by atoms with Gasteiger partial charge in [0.25, 0.3) is 5.69 Å². The quantitative estimate of drug-likeness (QED) is 0.515. The van der Waals surface area contributed by atoms with Crippen molar-refractivity contribution in [3.63, 3.8) is 0 Å². The molecule has 1 aliphatic rings. The number of aromatic nitrogens is 1. The van der Waals surface area contributed by atoms with E-state index in [2.05, 4.69) is 11.1 Å². The highest BCUT2D eigenvalue weighted by Crippen LogP contribution is 2.42. The number of pyridine rings is 1. The zero-order valence-electron chi connectivity index (χ0n) is 13.5. The van der Waals surface area contributed by atoms with Gasteiger partial charge in [0.05, 0.1) is 9.80 Å². The molecule has 0 fully saturated rings. The highest BCUT2D eigenvalue weighted by atomic mass is 32.1. The van der Waals surface area contributed by atoms with Gasteiger partial charge in [-0.15, -0.1) is 11.3 Å². The Hall–Kier alpha value is -2.46. The van der Waals surface area contributed by atoms with Crippen molar-refractivity contribution in [2.24, 2.45) is 0 Å². The van der Waals surface area contributed by atoms with E-state index in [1.807, 2.05) is 6.92 Å². The van der Waals surface area contributed by atoms with Crippen LogP contribution in [0.5, 0.6) is 0 Å². The maximum atomic E-state index is 11.3. The molecule has 0 spiro atoms. The third-order valence-corrected chi connectivity index (χ3v) is 5.70. The first-order valence-corrected chi connectivity index (χ1v) is 8.87. The van der Waals surface area contributed by atoms with Crippen LogP contribution in [0.4, 0.5) is 11.5 Å². The van der Waals surface area contributed by atoms with Crippen LogP contribution in [0.2, 0.25) is 0 Å². The number of hydrogen-bond acceptors (Lipinski definition) is 6. The molecule has 2 N–H and O–H groups in total. The van der Waals surface area contributed by atoms with Gasteiger partial charge in [-0.2, -0.15) is 5.26 Å². The molecule has 0 radical (unpaired) electrons. The largest absolute Gasteiger partial charge is 0.383 e. The van der Waals surface area contributed by atoms with E-state index in [9.17, 15) is 15.4 Å². The minimum Gasteiger partial charge on any atom is -0.383 e. The average Bonchev–Trinajstić information content (AvgIpc) is 2.86. The van der Waals surface area contributed by atoms with Gasteiger partial charge < -0.3 is 5.73 Å². The molecule has 0 saturated heterocycles. The molecule has 124 valence electrons. The molecule has 0 aliphatic heterocycles. The second kappa shape index (κ2) is 6.57. The Morgan fingerprint density at radius 3 is 2.79 bits per heavy atom. The van der Waals surface area contributed by atoms with Gasteiger partial charge >= 0.3 is 0 Å². The van der Waals surface area contributed by atoms with Crippen molar-refractivity contribution in [1.82, 2.24) is 4.98 Å². The van der Waals surface area contributed by atoms with Gasteiger partial charge in [-0.1, -0.05) is 13.3 Å². The highest BCUT2D eigenvalue weighted by Gasteiger charge is 2.25. The Morgan fingerprint density at radius 1 is 1.42 bits per heavy atom. The van der Waals surface area contributed by atoms with Crippen molar-refractivity contribution in [3.8, 4) is 16.5 Å². The first-order chi connectivity index (χ1) is 11.6. The smallest absolute Gasteiger partial charge is 0.283 e. The first kappa shape index (κ1) is 16.4. The molecule has 0 bridgehead atoms. The predicted octanol–water partition coefficient (Wildman–Crippen LogP) is 4.00. The summed E-state index contributed by atoms with van der Waals surface area (Å²) in [7, 11) is 0. The minimum absolute atomic E-state index is 0.124. The molecule has 1 aliphatic carbocycles. The minimum atomic E-state index is -0.353. The summed E-state index contributed by atoms with van der Waals surface area (Å²) in [6.07, 6.45) is 5.46.